The predicted octanol–water partition coefficient (Wildman–Crippen LogP) is 2.28. The van der Waals surface area contributed by atoms with Gasteiger partial charge in [-0.3, -0.25) is 4.79 Å². The van der Waals surface area contributed by atoms with Crippen LogP contribution in [0.25, 0.3) is 0 Å². The van der Waals surface area contributed by atoms with Gasteiger partial charge >= 0.3 is 0 Å². The number of hydrogen-bond donors (Lipinski definition) is 2. The first-order valence-corrected chi connectivity index (χ1v) is 8.63. The summed E-state index contributed by atoms with van der Waals surface area (Å²) in [6, 6.07) is 0.277. The first kappa shape index (κ1) is 19.7. The molecule has 0 aromatic rings. The third-order valence-corrected chi connectivity index (χ3v) is 5.39. The summed E-state index contributed by atoms with van der Waals surface area (Å²) in [6.45, 7) is 14.4. The van der Waals surface area contributed by atoms with Crippen molar-refractivity contribution in [1.29, 1.82) is 0 Å². The number of nitrogens with one attached hydrogen (secondary N) is 2. The predicted molar refractivity (Wildman–Crippen MR) is 94.4 cm³/mol. The fourth-order valence-electron chi connectivity index (χ4n) is 3.41. The van der Waals surface area contributed by atoms with Crippen molar-refractivity contribution in [2.24, 2.45) is 17.3 Å². The van der Waals surface area contributed by atoms with Crippen molar-refractivity contribution >= 4 is 18.3 Å². The lowest BCUT2D eigenvalue weighted by Crippen LogP contribution is -2.46. The minimum Gasteiger partial charge on any atom is -0.353 e. The standard InChI is InChI=1S/C17H33N3O.ClH/c1-13(2)14(3)19-16(21)15-5-9-20(10-6-15)12-17(4)7-8-18-11-17;/h13-15,18H,5-12H2,1-4H3,(H,19,21);1H. The van der Waals surface area contributed by atoms with Gasteiger partial charge in [0.1, 0.15) is 0 Å². The van der Waals surface area contributed by atoms with Crippen molar-refractivity contribution in [1.82, 2.24) is 15.5 Å². The summed E-state index contributed by atoms with van der Waals surface area (Å²) in [7, 11) is 0. The Morgan fingerprint density at radius 1 is 1.32 bits per heavy atom. The second kappa shape index (κ2) is 8.51. The lowest BCUT2D eigenvalue weighted by atomic mass is 9.87. The fraction of sp³-hybridized carbons (Fsp3) is 0.941. The van der Waals surface area contributed by atoms with Gasteiger partial charge in [-0.25, -0.2) is 0 Å². The molecule has 0 saturated carbocycles. The summed E-state index contributed by atoms with van der Waals surface area (Å²) in [5.74, 6) is 0.991. The second-order valence-electron chi connectivity index (χ2n) is 7.83. The number of nitrogens with zero attached hydrogens (tertiary/aromatic N) is 1. The minimum absolute atomic E-state index is 0. The molecule has 4 nitrogen and oxygen atoms in total. The van der Waals surface area contributed by atoms with Gasteiger partial charge in [-0.1, -0.05) is 20.8 Å². The molecule has 0 radical (unpaired) electrons. The van der Waals surface area contributed by atoms with Crippen LogP contribution in [0.3, 0.4) is 0 Å². The zero-order valence-electron chi connectivity index (χ0n) is 14.7. The number of rotatable bonds is 5. The first-order chi connectivity index (χ1) is 9.89. The Balaban J connectivity index is 0.00000242. The van der Waals surface area contributed by atoms with E-state index in [1.54, 1.807) is 0 Å². The van der Waals surface area contributed by atoms with Crippen LogP contribution in [0, 0.1) is 17.3 Å². The van der Waals surface area contributed by atoms with Gasteiger partial charge < -0.3 is 15.5 Å². The summed E-state index contributed by atoms with van der Waals surface area (Å²) in [4.78, 5) is 14.8. The average molecular weight is 332 g/mol. The van der Waals surface area contributed by atoms with Gasteiger partial charge in [0.15, 0.2) is 0 Å². The fourth-order valence-corrected chi connectivity index (χ4v) is 3.41. The van der Waals surface area contributed by atoms with E-state index in [2.05, 4.69) is 43.2 Å². The normalized spacial score (nSPS) is 28.4. The largest absolute Gasteiger partial charge is 0.353 e. The van der Waals surface area contributed by atoms with E-state index in [0.29, 0.717) is 11.3 Å². The van der Waals surface area contributed by atoms with E-state index in [4.69, 9.17) is 0 Å². The lowest BCUT2D eigenvalue weighted by molar-refractivity contribution is -0.127. The molecular weight excluding hydrogens is 298 g/mol. The number of likely N-dealkylation sites (tertiary alicyclic amines) is 1. The van der Waals surface area contributed by atoms with Gasteiger partial charge in [-0.05, 0) is 57.2 Å². The van der Waals surface area contributed by atoms with Crippen molar-refractivity contribution < 1.29 is 4.79 Å². The Labute approximate surface area is 142 Å². The second-order valence-corrected chi connectivity index (χ2v) is 7.83. The van der Waals surface area contributed by atoms with Crippen molar-refractivity contribution in [3.8, 4) is 0 Å². The monoisotopic (exact) mass is 331 g/mol. The van der Waals surface area contributed by atoms with Crippen LogP contribution in [0.15, 0.2) is 0 Å². The van der Waals surface area contributed by atoms with E-state index < -0.39 is 0 Å². The van der Waals surface area contributed by atoms with Gasteiger partial charge in [0, 0.05) is 25.0 Å². The number of piperidine rings is 1. The molecule has 1 amide bonds. The Hall–Kier alpha value is -0.320. The van der Waals surface area contributed by atoms with Crippen LogP contribution in [-0.4, -0.2) is 49.6 Å². The van der Waals surface area contributed by atoms with E-state index in [-0.39, 0.29) is 30.3 Å². The maximum absolute atomic E-state index is 12.3. The SMILES string of the molecule is CC(C)C(C)NC(=O)C1CCN(CC2(C)CCNC2)CC1.Cl. The van der Waals surface area contributed by atoms with Crippen molar-refractivity contribution in [2.75, 3.05) is 32.7 Å². The molecule has 0 spiro atoms. The van der Waals surface area contributed by atoms with E-state index >= 15 is 0 Å². The summed E-state index contributed by atoms with van der Waals surface area (Å²) in [5.41, 5.74) is 0.432. The smallest absolute Gasteiger partial charge is 0.223 e. The summed E-state index contributed by atoms with van der Waals surface area (Å²) in [5, 5.41) is 6.65. The van der Waals surface area contributed by atoms with E-state index in [0.717, 1.165) is 39.0 Å². The maximum atomic E-state index is 12.3. The quantitative estimate of drug-likeness (QED) is 0.812. The molecule has 0 aromatic heterocycles. The Kier molecular flexibility index (Phi) is 7.63. The first-order valence-electron chi connectivity index (χ1n) is 8.63. The zero-order valence-corrected chi connectivity index (χ0v) is 15.5. The van der Waals surface area contributed by atoms with Crippen LogP contribution < -0.4 is 10.6 Å². The highest BCUT2D eigenvalue weighted by atomic mass is 35.5. The third-order valence-electron chi connectivity index (χ3n) is 5.39. The molecule has 5 heteroatoms. The van der Waals surface area contributed by atoms with Gasteiger partial charge in [0.2, 0.25) is 5.91 Å². The third kappa shape index (κ3) is 5.39. The molecule has 0 aliphatic carbocycles. The molecule has 2 heterocycles. The van der Waals surface area contributed by atoms with Crippen molar-refractivity contribution in [3.05, 3.63) is 0 Å². The Morgan fingerprint density at radius 2 is 1.95 bits per heavy atom. The molecule has 0 bridgehead atoms. The van der Waals surface area contributed by atoms with Gasteiger partial charge in [0.05, 0.1) is 0 Å². The van der Waals surface area contributed by atoms with E-state index in [9.17, 15) is 4.79 Å². The average Bonchev–Trinajstić information content (AvgIpc) is 2.85. The molecule has 2 atom stereocenters. The van der Waals surface area contributed by atoms with Crippen LogP contribution in [0.4, 0.5) is 0 Å². The van der Waals surface area contributed by atoms with Crippen LogP contribution in [-0.2, 0) is 4.79 Å². The molecule has 2 aliphatic rings. The number of halogens is 1. The van der Waals surface area contributed by atoms with Crippen LogP contribution >= 0.6 is 12.4 Å². The van der Waals surface area contributed by atoms with Crippen molar-refractivity contribution in [2.45, 2.75) is 53.0 Å². The number of carbonyl (C=O) groups excluding carboxylic acids is 1. The molecule has 2 aliphatic heterocycles. The highest BCUT2D eigenvalue weighted by molar-refractivity contribution is 5.85. The highest BCUT2D eigenvalue weighted by Crippen LogP contribution is 2.28. The molecule has 130 valence electrons. The molecule has 2 rings (SSSR count). The molecule has 0 aromatic carbocycles. The summed E-state index contributed by atoms with van der Waals surface area (Å²) >= 11 is 0. The van der Waals surface area contributed by atoms with Crippen LogP contribution in [0.5, 0.6) is 0 Å². The Morgan fingerprint density at radius 3 is 2.45 bits per heavy atom. The van der Waals surface area contributed by atoms with Gasteiger partial charge in [-0.2, -0.15) is 0 Å². The molecular formula is C17H34ClN3O. The van der Waals surface area contributed by atoms with Gasteiger partial charge in [0.25, 0.3) is 0 Å². The maximum Gasteiger partial charge on any atom is 0.223 e. The minimum atomic E-state index is 0. The zero-order chi connectivity index (χ0) is 15.5. The molecule has 2 N–H and O–H groups in total. The molecule has 2 fully saturated rings. The van der Waals surface area contributed by atoms with E-state index in [1.165, 1.54) is 13.0 Å². The molecule has 2 unspecified atom stereocenters. The van der Waals surface area contributed by atoms with Gasteiger partial charge in [-0.15, -0.1) is 12.4 Å². The lowest BCUT2D eigenvalue weighted by Gasteiger charge is -2.37. The topological polar surface area (TPSA) is 44.4 Å². The van der Waals surface area contributed by atoms with Crippen molar-refractivity contribution in [3.63, 3.8) is 0 Å². The summed E-state index contributed by atoms with van der Waals surface area (Å²) in [6.07, 6.45) is 3.31. The molecule has 2 saturated heterocycles. The highest BCUT2D eigenvalue weighted by Gasteiger charge is 2.33. The number of hydrogen-bond acceptors (Lipinski definition) is 3. The van der Waals surface area contributed by atoms with Crippen LogP contribution in [0.2, 0.25) is 0 Å². The number of carbonyl (C=O) groups is 1. The van der Waals surface area contributed by atoms with E-state index in [1.807, 2.05) is 0 Å². The van der Waals surface area contributed by atoms with Crippen LogP contribution in [0.1, 0.15) is 47.0 Å². The summed E-state index contributed by atoms with van der Waals surface area (Å²) < 4.78 is 0. The number of amides is 1. The Bertz CT molecular complexity index is 348. The molecule has 22 heavy (non-hydrogen) atoms.